The van der Waals surface area contributed by atoms with Crippen LogP contribution in [0.15, 0.2) is 97.1 Å². The summed E-state index contributed by atoms with van der Waals surface area (Å²) < 4.78 is 2.38. The monoisotopic (exact) mass is 542 g/mol. The fourth-order valence-electron chi connectivity index (χ4n) is 6.34. The van der Waals surface area contributed by atoms with Crippen LogP contribution in [0.3, 0.4) is 0 Å². The van der Waals surface area contributed by atoms with E-state index in [1.54, 1.807) is 0 Å². The SMILES string of the molecule is CCc1cc(N(CC)CC)ccc1/C(=C1/C(c2ccccc2)=[N+](C)c2ccccc21)c1ccc(N(CC)CC)cc1. The van der Waals surface area contributed by atoms with Gasteiger partial charge in [0.05, 0.1) is 11.1 Å². The number of benzene rings is 4. The Balaban J connectivity index is 1.84. The van der Waals surface area contributed by atoms with Crippen molar-refractivity contribution in [1.82, 2.24) is 0 Å². The maximum Gasteiger partial charge on any atom is 0.221 e. The third kappa shape index (κ3) is 5.34. The van der Waals surface area contributed by atoms with Crippen molar-refractivity contribution in [3.63, 3.8) is 0 Å². The van der Waals surface area contributed by atoms with Gasteiger partial charge >= 0.3 is 0 Å². The molecule has 41 heavy (non-hydrogen) atoms. The van der Waals surface area contributed by atoms with Crippen molar-refractivity contribution in [2.45, 2.75) is 41.0 Å². The van der Waals surface area contributed by atoms with Crippen molar-refractivity contribution in [1.29, 1.82) is 0 Å². The number of fused-ring (bicyclic) bond motifs is 1. The number of hydrogen-bond acceptors (Lipinski definition) is 2. The van der Waals surface area contributed by atoms with Crippen LogP contribution >= 0.6 is 0 Å². The molecule has 1 aliphatic heterocycles. The molecular formula is C38H44N3+. The quantitative estimate of drug-likeness (QED) is 0.185. The van der Waals surface area contributed by atoms with E-state index in [0.29, 0.717) is 0 Å². The van der Waals surface area contributed by atoms with Crippen LogP contribution in [-0.2, 0) is 6.42 Å². The summed E-state index contributed by atoms with van der Waals surface area (Å²) in [5.74, 6) is 0. The zero-order valence-electron chi connectivity index (χ0n) is 25.6. The van der Waals surface area contributed by atoms with Crippen molar-refractivity contribution < 1.29 is 4.58 Å². The zero-order valence-corrected chi connectivity index (χ0v) is 25.6. The van der Waals surface area contributed by atoms with Gasteiger partial charge in [-0.05, 0) is 93.3 Å². The first-order valence-corrected chi connectivity index (χ1v) is 15.3. The maximum absolute atomic E-state index is 2.44. The molecule has 4 aromatic carbocycles. The van der Waals surface area contributed by atoms with Crippen molar-refractivity contribution in [3.05, 3.63) is 125 Å². The van der Waals surface area contributed by atoms with Crippen LogP contribution < -0.4 is 9.80 Å². The summed E-state index contributed by atoms with van der Waals surface area (Å²) in [7, 11) is 2.21. The normalized spacial score (nSPS) is 13.8. The van der Waals surface area contributed by atoms with Crippen LogP contribution in [0.5, 0.6) is 0 Å². The lowest BCUT2D eigenvalue weighted by molar-refractivity contribution is -0.400. The van der Waals surface area contributed by atoms with Gasteiger partial charge < -0.3 is 9.80 Å². The zero-order chi connectivity index (χ0) is 28.9. The summed E-state index contributed by atoms with van der Waals surface area (Å²) in [6.45, 7) is 15.2. The molecule has 0 saturated heterocycles. The van der Waals surface area contributed by atoms with E-state index in [9.17, 15) is 0 Å². The Labute approximate surface area is 247 Å². The van der Waals surface area contributed by atoms with Gasteiger partial charge in [0.1, 0.15) is 7.05 Å². The highest BCUT2D eigenvalue weighted by Gasteiger charge is 2.36. The van der Waals surface area contributed by atoms with E-state index < -0.39 is 0 Å². The average Bonchev–Trinajstić information content (AvgIpc) is 3.32. The number of nitrogens with zero attached hydrogens (tertiary/aromatic N) is 3. The van der Waals surface area contributed by atoms with Gasteiger partial charge in [-0.3, -0.25) is 0 Å². The molecule has 0 N–H and O–H groups in total. The van der Waals surface area contributed by atoms with Gasteiger partial charge in [-0.15, -0.1) is 0 Å². The smallest absolute Gasteiger partial charge is 0.221 e. The highest BCUT2D eigenvalue weighted by Crippen LogP contribution is 2.44. The van der Waals surface area contributed by atoms with Gasteiger partial charge in [0.15, 0.2) is 0 Å². The Kier molecular flexibility index (Phi) is 8.73. The van der Waals surface area contributed by atoms with Crippen molar-refractivity contribution >= 4 is 33.9 Å². The second-order valence-electron chi connectivity index (χ2n) is 10.6. The molecule has 1 heterocycles. The summed E-state index contributed by atoms with van der Waals surface area (Å²) in [4.78, 5) is 4.85. The van der Waals surface area contributed by atoms with E-state index in [-0.39, 0.29) is 0 Å². The summed E-state index contributed by atoms with van der Waals surface area (Å²) in [5.41, 5.74) is 14.1. The van der Waals surface area contributed by atoms with E-state index >= 15 is 0 Å². The van der Waals surface area contributed by atoms with Gasteiger partial charge in [0.2, 0.25) is 11.4 Å². The van der Waals surface area contributed by atoms with E-state index in [1.165, 1.54) is 61.7 Å². The molecule has 0 unspecified atom stereocenters. The van der Waals surface area contributed by atoms with Crippen LogP contribution in [-0.4, -0.2) is 43.5 Å². The number of allylic oxidation sites excluding steroid dienone is 1. The van der Waals surface area contributed by atoms with E-state index in [4.69, 9.17) is 0 Å². The lowest BCUT2D eigenvalue weighted by Crippen LogP contribution is -2.22. The maximum atomic E-state index is 2.44. The Morgan fingerprint density at radius 1 is 0.634 bits per heavy atom. The van der Waals surface area contributed by atoms with Crippen LogP contribution in [0.1, 0.15) is 62.4 Å². The fourth-order valence-corrected chi connectivity index (χ4v) is 6.34. The van der Waals surface area contributed by atoms with Crippen molar-refractivity contribution in [2.24, 2.45) is 0 Å². The molecule has 0 atom stereocenters. The van der Waals surface area contributed by atoms with Crippen LogP contribution in [0, 0.1) is 0 Å². The Bertz CT molecular complexity index is 1550. The van der Waals surface area contributed by atoms with Crippen molar-refractivity contribution in [3.8, 4) is 0 Å². The standard InChI is InChI=1S/C38H44N3/c1-7-28-27-32(41(10-4)11-5)25-26-33(28)36(29-21-23-31(24-22-29)40(8-2)9-3)37-34-19-15-16-20-35(34)39(6)38(37)30-17-13-12-14-18-30/h12-27H,7-11H2,1-6H3/q+1. The molecule has 0 bridgehead atoms. The second kappa shape index (κ2) is 12.6. The average molecular weight is 543 g/mol. The minimum atomic E-state index is 0.969. The van der Waals surface area contributed by atoms with Gasteiger partial charge in [0, 0.05) is 54.8 Å². The molecule has 210 valence electrons. The molecule has 0 spiro atoms. The number of anilines is 2. The number of rotatable bonds is 10. The summed E-state index contributed by atoms with van der Waals surface area (Å²) in [5, 5.41) is 0. The number of aryl methyl sites for hydroxylation is 1. The molecule has 3 nitrogen and oxygen atoms in total. The largest absolute Gasteiger partial charge is 0.372 e. The molecule has 1 aliphatic rings. The first-order valence-electron chi connectivity index (χ1n) is 15.3. The molecule has 0 saturated carbocycles. The predicted molar refractivity (Wildman–Crippen MR) is 178 cm³/mol. The third-order valence-corrected chi connectivity index (χ3v) is 8.56. The molecule has 0 aromatic heterocycles. The molecule has 3 heteroatoms. The Hall–Kier alpha value is -4.11. The van der Waals surface area contributed by atoms with Crippen LogP contribution in [0.4, 0.5) is 17.1 Å². The van der Waals surface area contributed by atoms with E-state index in [0.717, 1.165) is 32.6 Å². The van der Waals surface area contributed by atoms with E-state index in [1.807, 2.05) is 0 Å². The molecule has 0 fully saturated rings. The first kappa shape index (κ1) is 28.4. The first-order chi connectivity index (χ1) is 20.1. The molecule has 0 amide bonds. The number of hydrogen-bond donors (Lipinski definition) is 0. The van der Waals surface area contributed by atoms with Gasteiger partial charge in [-0.2, -0.15) is 4.58 Å². The summed E-state index contributed by atoms with van der Waals surface area (Å²) in [6.07, 6.45) is 0.969. The number of para-hydroxylation sites is 1. The van der Waals surface area contributed by atoms with Crippen LogP contribution in [0.25, 0.3) is 11.1 Å². The predicted octanol–water partition coefficient (Wildman–Crippen LogP) is 8.68. The van der Waals surface area contributed by atoms with Crippen LogP contribution in [0.2, 0.25) is 0 Å². The second-order valence-corrected chi connectivity index (χ2v) is 10.6. The van der Waals surface area contributed by atoms with Gasteiger partial charge in [0.25, 0.3) is 0 Å². The molecule has 0 radical (unpaired) electrons. The van der Waals surface area contributed by atoms with E-state index in [2.05, 4.69) is 153 Å². The Morgan fingerprint density at radius 3 is 1.85 bits per heavy atom. The molecule has 4 aromatic rings. The summed E-state index contributed by atoms with van der Waals surface area (Å²) >= 11 is 0. The Morgan fingerprint density at radius 2 is 1.22 bits per heavy atom. The molecule has 5 rings (SSSR count). The molecular weight excluding hydrogens is 498 g/mol. The third-order valence-electron chi connectivity index (χ3n) is 8.56. The lowest BCUT2D eigenvalue weighted by Gasteiger charge is -2.24. The topological polar surface area (TPSA) is 9.49 Å². The van der Waals surface area contributed by atoms with Gasteiger partial charge in [-0.1, -0.05) is 55.5 Å². The van der Waals surface area contributed by atoms with Gasteiger partial charge in [-0.25, -0.2) is 0 Å². The summed E-state index contributed by atoms with van der Waals surface area (Å²) in [6, 6.07) is 36.1. The highest BCUT2D eigenvalue weighted by atomic mass is 15.1. The van der Waals surface area contributed by atoms with Crippen molar-refractivity contribution in [2.75, 3.05) is 43.0 Å². The minimum Gasteiger partial charge on any atom is -0.372 e. The molecule has 0 aliphatic carbocycles. The fraction of sp³-hybridized carbons (Fsp3) is 0.289. The highest BCUT2D eigenvalue weighted by molar-refractivity contribution is 6.38. The minimum absolute atomic E-state index is 0.969. The lowest BCUT2D eigenvalue weighted by atomic mass is 9.83.